The fourth-order valence-corrected chi connectivity index (χ4v) is 2.87. The van der Waals surface area contributed by atoms with Crippen LogP contribution in [0.4, 0.5) is 5.13 Å². The molecule has 0 amide bonds. The summed E-state index contributed by atoms with van der Waals surface area (Å²) in [6.45, 7) is 0.217. The van der Waals surface area contributed by atoms with Crippen molar-refractivity contribution in [3.8, 4) is 29.4 Å². The number of anilines is 1. The monoisotopic (exact) mass is 367 g/mol. The average Bonchev–Trinajstić information content (AvgIpc) is 3.10. The van der Waals surface area contributed by atoms with Gasteiger partial charge >= 0.3 is 0 Å². The SMILES string of the molecule is C#CCOc1ccccc1/C=N/Nc1nc(-c2ccc(Cl)cc2)cs1. The van der Waals surface area contributed by atoms with E-state index in [1.54, 1.807) is 6.21 Å². The Hall–Kier alpha value is -2.81. The molecule has 0 unspecified atom stereocenters. The summed E-state index contributed by atoms with van der Waals surface area (Å²) >= 11 is 7.38. The van der Waals surface area contributed by atoms with Gasteiger partial charge in [0.05, 0.1) is 11.9 Å². The van der Waals surface area contributed by atoms with Crippen molar-refractivity contribution < 1.29 is 4.74 Å². The molecule has 1 heterocycles. The van der Waals surface area contributed by atoms with Crippen LogP contribution in [0.3, 0.4) is 0 Å². The first-order chi connectivity index (χ1) is 12.3. The number of hydrogen-bond donors (Lipinski definition) is 1. The van der Waals surface area contributed by atoms with Crippen molar-refractivity contribution >= 4 is 34.3 Å². The molecule has 25 heavy (non-hydrogen) atoms. The Balaban J connectivity index is 1.67. The number of ether oxygens (including phenoxy) is 1. The van der Waals surface area contributed by atoms with Gasteiger partial charge in [0.25, 0.3) is 0 Å². The fourth-order valence-electron chi connectivity index (χ4n) is 2.07. The summed E-state index contributed by atoms with van der Waals surface area (Å²) in [6.07, 6.45) is 6.90. The van der Waals surface area contributed by atoms with E-state index >= 15 is 0 Å². The van der Waals surface area contributed by atoms with Crippen molar-refractivity contribution in [1.82, 2.24) is 4.98 Å². The van der Waals surface area contributed by atoms with Crippen LogP contribution in [-0.2, 0) is 0 Å². The molecule has 2 aromatic carbocycles. The molecule has 0 aliphatic rings. The van der Waals surface area contributed by atoms with Gasteiger partial charge in [-0.1, -0.05) is 41.8 Å². The Morgan fingerprint density at radius 2 is 2.04 bits per heavy atom. The molecule has 3 aromatic rings. The van der Waals surface area contributed by atoms with Gasteiger partial charge in [0.1, 0.15) is 12.4 Å². The second-order valence-electron chi connectivity index (χ2n) is 4.95. The van der Waals surface area contributed by atoms with E-state index in [4.69, 9.17) is 22.8 Å². The standard InChI is InChI=1S/C19H14ClN3OS/c1-2-11-24-18-6-4-3-5-15(18)12-21-23-19-22-17(13-25-19)14-7-9-16(20)10-8-14/h1,3-10,12-13H,11H2,(H,22,23)/b21-12+. The van der Waals surface area contributed by atoms with E-state index in [-0.39, 0.29) is 6.61 Å². The third kappa shape index (κ3) is 4.60. The van der Waals surface area contributed by atoms with Gasteiger partial charge in [-0.3, -0.25) is 5.43 Å². The third-order valence-electron chi connectivity index (χ3n) is 3.24. The van der Waals surface area contributed by atoms with Gasteiger partial charge in [-0.25, -0.2) is 4.98 Å². The molecule has 0 bridgehead atoms. The minimum Gasteiger partial charge on any atom is -0.480 e. The lowest BCUT2D eigenvalue weighted by Gasteiger charge is -2.05. The summed E-state index contributed by atoms with van der Waals surface area (Å²) in [5.74, 6) is 3.14. The normalized spacial score (nSPS) is 10.6. The van der Waals surface area contributed by atoms with E-state index in [1.165, 1.54) is 11.3 Å². The van der Waals surface area contributed by atoms with Crippen LogP contribution in [0.2, 0.25) is 5.02 Å². The van der Waals surface area contributed by atoms with Gasteiger partial charge in [-0.2, -0.15) is 5.10 Å². The zero-order valence-corrected chi connectivity index (χ0v) is 14.7. The summed E-state index contributed by atoms with van der Waals surface area (Å²) in [5.41, 5.74) is 5.64. The molecule has 0 aliphatic carbocycles. The Morgan fingerprint density at radius 3 is 2.84 bits per heavy atom. The van der Waals surface area contributed by atoms with Crippen LogP contribution in [0, 0.1) is 12.3 Å². The first kappa shape index (κ1) is 17.0. The number of hydrogen-bond acceptors (Lipinski definition) is 5. The summed E-state index contributed by atoms with van der Waals surface area (Å²) < 4.78 is 5.48. The van der Waals surface area contributed by atoms with Crippen molar-refractivity contribution in [2.24, 2.45) is 5.10 Å². The molecule has 0 aliphatic heterocycles. The van der Waals surface area contributed by atoms with Crippen LogP contribution in [0.25, 0.3) is 11.3 Å². The van der Waals surface area contributed by atoms with E-state index in [0.717, 1.165) is 16.8 Å². The summed E-state index contributed by atoms with van der Waals surface area (Å²) in [4.78, 5) is 4.51. The minimum atomic E-state index is 0.217. The van der Waals surface area contributed by atoms with Gasteiger partial charge in [-0.15, -0.1) is 17.8 Å². The lowest BCUT2D eigenvalue weighted by molar-refractivity contribution is 0.370. The van der Waals surface area contributed by atoms with Crippen molar-refractivity contribution in [2.45, 2.75) is 0 Å². The number of benzene rings is 2. The van der Waals surface area contributed by atoms with Crippen LogP contribution in [0.15, 0.2) is 59.0 Å². The number of nitrogens with one attached hydrogen (secondary N) is 1. The van der Waals surface area contributed by atoms with Crippen molar-refractivity contribution in [3.63, 3.8) is 0 Å². The maximum Gasteiger partial charge on any atom is 0.203 e. The molecular weight excluding hydrogens is 354 g/mol. The number of thiazole rings is 1. The molecule has 0 fully saturated rings. The molecule has 6 heteroatoms. The highest BCUT2D eigenvalue weighted by molar-refractivity contribution is 7.14. The molecule has 1 N–H and O–H groups in total. The number of rotatable bonds is 6. The van der Waals surface area contributed by atoms with Gasteiger partial charge in [0.2, 0.25) is 5.13 Å². The first-order valence-electron chi connectivity index (χ1n) is 7.42. The Labute approximate surface area is 155 Å². The molecule has 0 atom stereocenters. The Kier molecular flexibility index (Phi) is 5.68. The second kappa shape index (κ2) is 8.34. The average molecular weight is 368 g/mol. The lowest BCUT2D eigenvalue weighted by Crippen LogP contribution is -1.98. The highest BCUT2D eigenvalue weighted by atomic mass is 35.5. The maximum atomic E-state index is 5.91. The molecular formula is C19H14ClN3OS. The van der Waals surface area contributed by atoms with Gasteiger partial charge in [0, 0.05) is 21.5 Å². The van der Waals surface area contributed by atoms with E-state index in [9.17, 15) is 0 Å². The topological polar surface area (TPSA) is 46.5 Å². The summed E-state index contributed by atoms with van der Waals surface area (Å²) in [5, 5.41) is 7.58. The summed E-state index contributed by atoms with van der Waals surface area (Å²) in [7, 11) is 0. The Morgan fingerprint density at radius 1 is 1.24 bits per heavy atom. The lowest BCUT2D eigenvalue weighted by atomic mass is 10.2. The van der Waals surface area contributed by atoms with Crippen molar-refractivity contribution in [2.75, 3.05) is 12.0 Å². The number of para-hydroxylation sites is 1. The fraction of sp³-hybridized carbons (Fsp3) is 0.0526. The van der Waals surface area contributed by atoms with Crippen LogP contribution in [0.1, 0.15) is 5.56 Å². The van der Waals surface area contributed by atoms with Crippen LogP contribution in [-0.4, -0.2) is 17.8 Å². The molecule has 4 nitrogen and oxygen atoms in total. The maximum absolute atomic E-state index is 5.91. The largest absolute Gasteiger partial charge is 0.480 e. The van der Waals surface area contributed by atoms with Gasteiger partial charge in [0.15, 0.2) is 0 Å². The van der Waals surface area contributed by atoms with Crippen LogP contribution < -0.4 is 10.2 Å². The molecule has 0 saturated heterocycles. The van der Waals surface area contributed by atoms with E-state index in [0.29, 0.717) is 15.9 Å². The highest BCUT2D eigenvalue weighted by Crippen LogP contribution is 2.26. The minimum absolute atomic E-state index is 0.217. The van der Waals surface area contributed by atoms with Crippen LogP contribution >= 0.6 is 22.9 Å². The number of terminal acetylenes is 1. The zero-order valence-electron chi connectivity index (χ0n) is 13.1. The second-order valence-corrected chi connectivity index (χ2v) is 6.24. The highest BCUT2D eigenvalue weighted by Gasteiger charge is 2.04. The number of halogens is 1. The van der Waals surface area contributed by atoms with Gasteiger partial charge in [-0.05, 0) is 24.3 Å². The van der Waals surface area contributed by atoms with Crippen LogP contribution in [0.5, 0.6) is 5.75 Å². The zero-order chi connectivity index (χ0) is 17.5. The summed E-state index contributed by atoms with van der Waals surface area (Å²) in [6, 6.07) is 15.1. The smallest absolute Gasteiger partial charge is 0.203 e. The quantitative estimate of drug-likeness (QED) is 0.382. The number of hydrazone groups is 1. The predicted octanol–water partition coefficient (Wildman–Crippen LogP) is 4.92. The van der Waals surface area contributed by atoms with Crippen molar-refractivity contribution in [1.29, 1.82) is 0 Å². The van der Waals surface area contributed by atoms with E-state index < -0.39 is 0 Å². The molecule has 1 aromatic heterocycles. The first-order valence-corrected chi connectivity index (χ1v) is 8.68. The molecule has 0 spiro atoms. The molecule has 0 radical (unpaired) electrons. The van der Waals surface area contributed by atoms with E-state index in [1.807, 2.05) is 53.9 Å². The number of nitrogens with zero attached hydrogens (tertiary/aromatic N) is 2. The third-order valence-corrected chi connectivity index (χ3v) is 4.24. The van der Waals surface area contributed by atoms with E-state index in [2.05, 4.69) is 21.4 Å². The molecule has 0 saturated carbocycles. The Bertz CT molecular complexity index is 913. The van der Waals surface area contributed by atoms with Gasteiger partial charge < -0.3 is 4.74 Å². The predicted molar refractivity (Wildman–Crippen MR) is 105 cm³/mol. The molecule has 3 rings (SSSR count). The molecule has 124 valence electrons. The number of aromatic nitrogens is 1. The van der Waals surface area contributed by atoms with Crippen molar-refractivity contribution in [3.05, 3.63) is 64.5 Å².